The number of methoxy groups -OCH3 is 1. The summed E-state index contributed by atoms with van der Waals surface area (Å²) in [4.78, 5) is 11.3. The molecule has 110 valence electrons. The number of rotatable bonds is 5. The van der Waals surface area contributed by atoms with E-state index in [-0.39, 0.29) is 0 Å². The molecule has 0 radical (unpaired) electrons. The van der Waals surface area contributed by atoms with Crippen molar-refractivity contribution in [1.29, 1.82) is 0 Å². The quantitative estimate of drug-likeness (QED) is 0.899. The van der Waals surface area contributed by atoms with Crippen molar-refractivity contribution < 1.29 is 14.3 Å². The van der Waals surface area contributed by atoms with Crippen LogP contribution in [-0.2, 0) is 6.61 Å². The van der Waals surface area contributed by atoms with Gasteiger partial charge in [-0.2, -0.15) is 0 Å². The zero-order chi connectivity index (χ0) is 15.4. The Bertz CT molecular complexity index is 653. The monoisotopic (exact) mass is 349 g/mol. The fourth-order valence-electron chi connectivity index (χ4n) is 1.84. The smallest absolute Gasteiger partial charge is 0.249 e. The fraction of sp³-hybridized carbons (Fsp3) is 0.188. The standard InChI is InChI=1S/C16H16BrNO3/c1-10-3-5-11(6-4-10)9-21-15-8-13(17)12(16(18)19)7-14(15)20-2/h3-8H,9H2,1-2H3,(H2,18,19). The Balaban J connectivity index is 2.21. The lowest BCUT2D eigenvalue weighted by Gasteiger charge is -2.13. The van der Waals surface area contributed by atoms with Crippen molar-refractivity contribution in [3.05, 3.63) is 57.6 Å². The Morgan fingerprint density at radius 1 is 1.19 bits per heavy atom. The molecule has 0 saturated carbocycles. The van der Waals surface area contributed by atoms with Gasteiger partial charge >= 0.3 is 0 Å². The van der Waals surface area contributed by atoms with Crippen LogP contribution in [0.15, 0.2) is 40.9 Å². The minimum absolute atomic E-state index is 0.356. The van der Waals surface area contributed by atoms with E-state index in [4.69, 9.17) is 15.2 Å². The van der Waals surface area contributed by atoms with E-state index in [9.17, 15) is 4.79 Å². The highest BCUT2D eigenvalue weighted by Crippen LogP contribution is 2.33. The number of primary amides is 1. The second kappa shape index (κ2) is 6.63. The number of ether oxygens (including phenoxy) is 2. The predicted molar refractivity (Wildman–Crippen MR) is 84.7 cm³/mol. The third-order valence-corrected chi connectivity index (χ3v) is 3.69. The van der Waals surface area contributed by atoms with Crippen molar-refractivity contribution in [3.63, 3.8) is 0 Å². The molecule has 1 amide bonds. The molecule has 0 atom stereocenters. The van der Waals surface area contributed by atoms with Gasteiger partial charge in [0.05, 0.1) is 12.7 Å². The zero-order valence-corrected chi connectivity index (χ0v) is 13.4. The first-order valence-electron chi connectivity index (χ1n) is 6.37. The van der Waals surface area contributed by atoms with Gasteiger partial charge in [-0.25, -0.2) is 0 Å². The lowest BCUT2D eigenvalue weighted by Crippen LogP contribution is -2.12. The first-order chi connectivity index (χ1) is 10.0. The van der Waals surface area contributed by atoms with Crippen LogP contribution in [0.4, 0.5) is 0 Å². The van der Waals surface area contributed by atoms with E-state index < -0.39 is 5.91 Å². The Kier molecular flexibility index (Phi) is 4.85. The molecule has 5 heteroatoms. The number of aryl methyl sites for hydroxylation is 1. The lowest BCUT2D eigenvalue weighted by atomic mass is 10.1. The molecule has 0 aliphatic heterocycles. The van der Waals surface area contributed by atoms with Crippen molar-refractivity contribution in [2.45, 2.75) is 13.5 Å². The molecule has 21 heavy (non-hydrogen) atoms. The summed E-state index contributed by atoms with van der Waals surface area (Å²) >= 11 is 3.31. The van der Waals surface area contributed by atoms with Gasteiger partial charge in [-0.3, -0.25) is 4.79 Å². The molecule has 0 fully saturated rings. The number of amides is 1. The summed E-state index contributed by atoms with van der Waals surface area (Å²) in [7, 11) is 1.52. The molecular weight excluding hydrogens is 334 g/mol. The Hall–Kier alpha value is -2.01. The van der Waals surface area contributed by atoms with Crippen LogP contribution >= 0.6 is 15.9 Å². The summed E-state index contributed by atoms with van der Waals surface area (Å²) in [5, 5.41) is 0. The molecule has 0 aliphatic rings. The topological polar surface area (TPSA) is 61.5 Å². The Morgan fingerprint density at radius 3 is 2.43 bits per heavy atom. The van der Waals surface area contributed by atoms with Gasteiger partial charge < -0.3 is 15.2 Å². The SMILES string of the molecule is COc1cc(C(N)=O)c(Br)cc1OCc1ccc(C)cc1. The molecule has 0 aromatic heterocycles. The zero-order valence-electron chi connectivity index (χ0n) is 11.9. The second-order valence-electron chi connectivity index (χ2n) is 4.62. The molecular formula is C16H16BrNO3. The average Bonchev–Trinajstić information content (AvgIpc) is 2.46. The van der Waals surface area contributed by atoms with Gasteiger partial charge in [0.15, 0.2) is 11.5 Å². The average molecular weight is 350 g/mol. The third kappa shape index (κ3) is 3.76. The highest BCUT2D eigenvalue weighted by Gasteiger charge is 2.13. The van der Waals surface area contributed by atoms with Crippen molar-refractivity contribution in [2.75, 3.05) is 7.11 Å². The number of carbonyl (C=O) groups excluding carboxylic acids is 1. The van der Waals surface area contributed by atoms with Crippen LogP contribution in [0.2, 0.25) is 0 Å². The number of nitrogens with two attached hydrogens (primary N) is 1. The van der Waals surface area contributed by atoms with Crippen LogP contribution < -0.4 is 15.2 Å². The van der Waals surface area contributed by atoms with Crippen LogP contribution in [0, 0.1) is 6.92 Å². The van der Waals surface area contributed by atoms with Crippen LogP contribution in [0.1, 0.15) is 21.5 Å². The predicted octanol–water partition coefficient (Wildman–Crippen LogP) is 3.44. The maximum absolute atomic E-state index is 11.3. The molecule has 0 aliphatic carbocycles. The molecule has 2 rings (SSSR count). The highest BCUT2D eigenvalue weighted by atomic mass is 79.9. The molecule has 4 nitrogen and oxygen atoms in total. The maximum Gasteiger partial charge on any atom is 0.249 e. The van der Waals surface area contributed by atoms with Gasteiger partial charge in [0.2, 0.25) is 5.91 Å². The lowest BCUT2D eigenvalue weighted by molar-refractivity contribution is 0.0999. The minimum atomic E-state index is -0.523. The number of hydrogen-bond acceptors (Lipinski definition) is 3. The van der Waals surface area contributed by atoms with E-state index >= 15 is 0 Å². The third-order valence-electron chi connectivity index (χ3n) is 3.03. The van der Waals surface area contributed by atoms with E-state index in [1.165, 1.54) is 12.7 Å². The summed E-state index contributed by atoms with van der Waals surface area (Å²) in [6, 6.07) is 11.3. The number of benzene rings is 2. The fourth-order valence-corrected chi connectivity index (χ4v) is 2.36. The van der Waals surface area contributed by atoms with Gasteiger partial charge in [0.25, 0.3) is 0 Å². The van der Waals surface area contributed by atoms with E-state index in [2.05, 4.69) is 15.9 Å². The van der Waals surface area contributed by atoms with E-state index in [0.29, 0.717) is 28.1 Å². The molecule has 0 unspecified atom stereocenters. The van der Waals surface area contributed by atoms with Gasteiger partial charge in [0.1, 0.15) is 6.61 Å². The van der Waals surface area contributed by atoms with Crippen molar-refractivity contribution in [3.8, 4) is 11.5 Å². The summed E-state index contributed by atoms with van der Waals surface area (Å²) in [5.74, 6) is 0.499. The summed E-state index contributed by atoms with van der Waals surface area (Å²) in [6.45, 7) is 2.45. The van der Waals surface area contributed by atoms with Gasteiger partial charge in [-0.15, -0.1) is 0 Å². The highest BCUT2D eigenvalue weighted by molar-refractivity contribution is 9.10. The van der Waals surface area contributed by atoms with E-state index in [1.807, 2.05) is 31.2 Å². The van der Waals surface area contributed by atoms with E-state index in [1.54, 1.807) is 12.1 Å². The maximum atomic E-state index is 11.3. The first-order valence-corrected chi connectivity index (χ1v) is 7.16. The Labute approximate surface area is 132 Å². The Morgan fingerprint density at radius 2 is 1.86 bits per heavy atom. The van der Waals surface area contributed by atoms with Crippen molar-refractivity contribution in [2.24, 2.45) is 5.73 Å². The normalized spacial score (nSPS) is 10.2. The summed E-state index contributed by atoms with van der Waals surface area (Å²) in [6.07, 6.45) is 0. The molecule has 0 saturated heterocycles. The first kappa shape index (κ1) is 15.4. The number of carbonyl (C=O) groups is 1. The number of halogens is 1. The van der Waals surface area contributed by atoms with Crippen LogP contribution in [-0.4, -0.2) is 13.0 Å². The van der Waals surface area contributed by atoms with Crippen LogP contribution in [0.3, 0.4) is 0 Å². The molecule has 0 bridgehead atoms. The minimum Gasteiger partial charge on any atom is -0.493 e. The van der Waals surface area contributed by atoms with Gasteiger partial charge in [-0.1, -0.05) is 29.8 Å². The van der Waals surface area contributed by atoms with Gasteiger partial charge in [0, 0.05) is 4.47 Å². The summed E-state index contributed by atoms with van der Waals surface area (Å²) < 4.78 is 11.6. The molecule has 2 aromatic rings. The van der Waals surface area contributed by atoms with Crippen molar-refractivity contribution in [1.82, 2.24) is 0 Å². The molecule has 0 spiro atoms. The molecule has 2 N–H and O–H groups in total. The molecule has 0 heterocycles. The van der Waals surface area contributed by atoms with Crippen LogP contribution in [0.5, 0.6) is 11.5 Å². The van der Waals surface area contributed by atoms with E-state index in [0.717, 1.165) is 5.56 Å². The largest absolute Gasteiger partial charge is 0.493 e. The molecule has 2 aromatic carbocycles. The van der Waals surface area contributed by atoms with Crippen LogP contribution in [0.25, 0.3) is 0 Å². The second-order valence-corrected chi connectivity index (χ2v) is 5.48. The van der Waals surface area contributed by atoms with Crippen molar-refractivity contribution >= 4 is 21.8 Å². The number of hydrogen-bond donors (Lipinski definition) is 1. The summed E-state index contributed by atoms with van der Waals surface area (Å²) in [5.41, 5.74) is 7.91. The van der Waals surface area contributed by atoms with Gasteiger partial charge in [-0.05, 0) is 40.5 Å².